The van der Waals surface area contributed by atoms with Gasteiger partial charge < -0.3 is 14.9 Å². The number of ether oxygens (including phenoxy) is 1. The van der Waals surface area contributed by atoms with Gasteiger partial charge in [0.1, 0.15) is 5.82 Å². The van der Waals surface area contributed by atoms with Crippen molar-refractivity contribution in [2.75, 3.05) is 6.61 Å². The van der Waals surface area contributed by atoms with Gasteiger partial charge in [-0.2, -0.15) is 4.98 Å². The monoisotopic (exact) mass is 379 g/mol. The molecule has 0 radical (unpaired) electrons. The van der Waals surface area contributed by atoms with Gasteiger partial charge in [-0.25, -0.2) is 9.78 Å². The zero-order valence-electron chi connectivity index (χ0n) is 15.5. The lowest BCUT2D eigenvalue weighted by molar-refractivity contribution is 0.0683. The quantitative estimate of drug-likeness (QED) is 0.575. The number of carboxylic acid groups (broad SMARTS) is 1. The van der Waals surface area contributed by atoms with E-state index in [1.54, 1.807) is 6.20 Å². The molecule has 0 saturated heterocycles. The molecule has 0 atom stereocenters. The van der Waals surface area contributed by atoms with Crippen molar-refractivity contribution in [1.29, 1.82) is 0 Å². The number of unbranched alkanes of at least 4 members (excludes halogenated alkanes) is 1. The number of pyridine rings is 1. The topological polar surface area (TPSA) is 105 Å². The Morgan fingerprint density at radius 3 is 2.61 bits per heavy atom. The van der Waals surface area contributed by atoms with Crippen LogP contribution in [0.2, 0.25) is 0 Å². The van der Waals surface area contributed by atoms with Crippen LogP contribution in [0.1, 0.15) is 41.8 Å². The standard InChI is InChI=1S/C21H21N3O4/c1-2-3-12-28-19-18(21(26)27)23-17(24-20(19)25)13-16-15(10-7-11-22-16)14-8-5-4-6-9-14/h4-11H,2-3,12-13H2,1H3,(H,26,27)(H,23,24,25). The summed E-state index contributed by atoms with van der Waals surface area (Å²) < 4.78 is 5.40. The smallest absolute Gasteiger partial charge is 0.358 e. The first-order valence-electron chi connectivity index (χ1n) is 9.05. The van der Waals surface area contributed by atoms with Crippen LogP contribution in [0.3, 0.4) is 0 Å². The highest BCUT2D eigenvalue weighted by Crippen LogP contribution is 2.29. The number of nitrogens with zero attached hydrogens (tertiary/aromatic N) is 3. The maximum atomic E-state index is 11.6. The van der Waals surface area contributed by atoms with Crippen molar-refractivity contribution < 1.29 is 19.7 Å². The first-order valence-corrected chi connectivity index (χ1v) is 9.05. The summed E-state index contributed by atoms with van der Waals surface area (Å²) in [7, 11) is 0. The second kappa shape index (κ2) is 8.94. The lowest BCUT2D eigenvalue weighted by atomic mass is 10.0. The van der Waals surface area contributed by atoms with Gasteiger partial charge in [-0.05, 0) is 18.1 Å². The second-order valence-corrected chi connectivity index (χ2v) is 6.19. The normalized spacial score (nSPS) is 10.6. The van der Waals surface area contributed by atoms with Crippen LogP contribution in [0.15, 0.2) is 48.7 Å². The van der Waals surface area contributed by atoms with E-state index in [9.17, 15) is 15.0 Å². The number of aromatic nitrogens is 3. The van der Waals surface area contributed by atoms with E-state index in [2.05, 4.69) is 15.0 Å². The van der Waals surface area contributed by atoms with Crippen LogP contribution < -0.4 is 4.74 Å². The van der Waals surface area contributed by atoms with Crippen LogP contribution >= 0.6 is 0 Å². The molecule has 1 aromatic carbocycles. The molecule has 28 heavy (non-hydrogen) atoms. The van der Waals surface area contributed by atoms with E-state index in [1.807, 2.05) is 49.4 Å². The van der Waals surface area contributed by atoms with Gasteiger partial charge in [0.25, 0.3) is 5.88 Å². The number of carbonyl (C=O) groups is 1. The number of aromatic hydroxyl groups is 1. The van der Waals surface area contributed by atoms with Gasteiger partial charge in [0.05, 0.1) is 18.7 Å². The Bertz CT molecular complexity index is 961. The molecule has 0 unspecified atom stereocenters. The SMILES string of the molecule is CCCCOc1c(O)nc(Cc2ncccc2-c2ccccc2)nc1C(=O)O. The molecular weight excluding hydrogens is 358 g/mol. The Morgan fingerprint density at radius 1 is 1.11 bits per heavy atom. The number of aromatic carboxylic acids is 1. The van der Waals surface area contributed by atoms with Gasteiger partial charge in [-0.1, -0.05) is 49.7 Å². The van der Waals surface area contributed by atoms with Crippen molar-refractivity contribution >= 4 is 5.97 Å². The van der Waals surface area contributed by atoms with Crippen LogP contribution in [0, 0.1) is 0 Å². The van der Waals surface area contributed by atoms with Crippen molar-refractivity contribution in [2.45, 2.75) is 26.2 Å². The Kier molecular flexibility index (Phi) is 6.16. The van der Waals surface area contributed by atoms with Gasteiger partial charge in [0.2, 0.25) is 5.75 Å². The molecular formula is C21H21N3O4. The van der Waals surface area contributed by atoms with E-state index in [0.717, 1.165) is 24.0 Å². The maximum Gasteiger partial charge on any atom is 0.358 e. The minimum absolute atomic E-state index is 0.161. The van der Waals surface area contributed by atoms with E-state index in [1.165, 1.54) is 0 Å². The molecule has 0 aliphatic heterocycles. The summed E-state index contributed by atoms with van der Waals surface area (Å²) in [5, 5.41) is 19.7. The van der Waals surface area contributed by atoms with Crippen molar-refractivity contribution in [3.8, 4) is 22.8 Å². The van der Waals surface area contributed by atoms with E-state index >= 15 is 0 Å². The van der Waals surface area contributed by atoms with E-state index < -0.39 is 11.8 Å². The fourth-order valence-electron chi connectivity index (χ4n) is 2.77. The molecule has 0 aliphatic rings. The van der Waals surface area contributed by atoms with Crippen molar-refractivity contribution in [3.63, 3.8) is 0 Å². The zero-order chi connectivity index (χ0) is 19.9. The van der Waals surface area contributed by atoms with Gasteiger partial charge in [-0.3, -0.25) is 4.98 Å². The Labute approximate surface area is 162 Å². The molecule has 0 aliphatic carbocycles. The van der Waals surface area contributed by atoms with E-state index in [-0.39, 0.29) is 30.3 Å². The molecule has 7 heteroatoms. The third kappa shape index (κ3) is 4.43. The number of carboxylic acids is 1. The average Bonchev–Trinajstić information content (AvgIpc) is 2.70. The number of hydrogen-bond acceptors (Lipinski definition) is 6. The number of hydrogen-bond donors (Lipinski definition) is 2. The van der Waals surface area contributed by atoms with E-state index in [4.69, 9.17) is 4.74 Å². The first kappa shape index (κ1) is 19.3. The molecule has 0 fully saturated rings. The molecule has 0 saturated carbocycles. The first-order chi connectivity index (χ1) is 13.6. The molecule has 7 nitrogen and oxygen atoms in total. The van der Waals surface area contributed by atoms with Gasteiger partial charge >= 0.3 is 5.97 Å². The summed E-state index contributed by atoms with van der Waals surface area (Å²) in [6.45, 7) is 2.27. The largest absolute Gasteiger partial charge is 0.491 e. The molecule has 0 spiro atoms. The van der Waals surface area contributed by atoms with Crippen LogP contribution in [0.25, 0.3) is 11.1 Å². The van der Waals surface area contributed by atoms with Crippen LogP contribution in [-0.2, 0) is 6.42 Å². The summed E-state index contributed by atoms with van der Waals surface area (Å²) in [6, 6.07) is 13.5. The summed E-state index contributed by atoms with van der Waals surface area (Å²) in [5.41, 5.74) is 2.21. The molecule has 0 amide bonds. The van der Waals surface area contributed by atoms with Crippen LogP contribution in [-0.4, -0.2) is 37.7 Å². The van der Waals surface area contributed by atoms with Crippen molar-refractivity contribution in [2.24, 2.45) is 0 Å². The molecule has 0 bridgehead atoms. The Hall–Kier alpha value is -3.48. The molecule has 3 aromatic rings. The zero-order valence-corrected chi connectivity index (χ0v) is 15.5. The predicted molar refractivity (Wildman–Crippen MR) is 104 cm³/mol. The predicted octanol–water partition coefficient (Wildman–Crippen LogP) is 3.71. The third-order valence-corrected chi connectivity index (χ3v) is 4.14. The number of benzene rings is 1. The average molecular weight is 379 g/mol. The molecule has 3 rings (SSSR count). The highest BCUT2D eigenvalue weighted by molar-refractivity contribution is 5.89. The third-order valence-electron chi connectivity index (χ3n) is 4.14. The van der Waals surface area contributed by atoms with E-state index in [0.29, 0.717) is 5.69 Å². The summed E-state index contributed by atoms with van der Waals surface area (Å²) in [4.78, 5) is 24.1. The lowest BCUT2D eigenvalue weighted by Crippen LogP contribution is -2.11. The summed E-state index contributed by atoms with van der Waals surface area (Å²) in [6.07, 6.45) is 3.44. The Morgan fingerprint density at radius 2 is 1.89 bits per heavy atom. The number of rotatable bonds is 8. The summed E-state index contributed by atoms with van der Waals surface area (Å²) >= 11 is 0. The fourth-order valence-corrected chi connectivity index (χ4v) is 2.77. The molecule has 144 valence electrons. The van der Waals surface area contributed by atoms with Gasteiger partial charge in [0.15, 0.2) is 5.69 Å². The minimum atomic E-state index is -1.28. The fraction of sp³-hybridized carbons (Fsp3) is 0.238. The second-order valence-electron chi connectivity index (χ2n) is 6.19. The highest BCUT2D eigenvalue weighted by atomic mass is 16.5. The molecule has 2 heterocycles. The van der Waals surface area contributed by atoms with Crippen molar-refractivity contribution in [1.82, 2.24) is 15.0 Å². The molecule has 2 N–H and O–H groups in total. The maximum absolute atomic E-state index is 11.6. The van der Waals surface area contributed by atoms with Gasteiger partial charge in [0, 0.05) is 11.8 Å². The lowest BCUT2D eigenvalue weighted by Gasteiger charge is -2.12. The Balaban J connectivity index is 1.95. The van der Waals surface area contributed by atoms with Crippen molar-refractivity contribution in [3.05, 3.63) is 65.9 Å². The summed E-state index contributed by atoms with van der Waals surface area (Å²) in [5.74, 6) is -1.80. The van der Waals surface area contributed by atoms with Crippen LogP contribution in [0.5, 0.6) is 11.6 Å². The van der Waals surface area contributed by atoms with Gasteiger partial charge in [-0.15, -0.1) is 0 Å². The molecule has 2 aromatic heterocycles. The highest BCUT2D eigenvalue weighted by Gasteiger charge is 2.22. The minimum Gasteiger partial charge on any atom is -0.491 e. The van der Waals surface area contributed by atoms with Crippen LogP contribution in [0.4, 0.5) is 0 Å².